The Morgan fingerprint density at radius 2 is 1.88 bits per heavy atom. The number of aliphatic imine (C=N–C) groups is 1. The largest absolute Gasteiger partial charge is 0.494 e. The second-order valence-corrected chi connectivity index (χ2v) is 6.78. The maximum atomic E-state index is 6.03. The van der Waals surface area contributed by atoms with Gasteiger partial charge in [-0.15, -0.1) is 24.0 Å². The standard InChI is InChI=1S/C18H23N3OS.HI/c19-18(21-9-12-23-13-10-21)20-8-3-11-22-17-7-6-15-4-1-2-5-16(15)14-17;/h1-2,4-7,14H,3,8-13H2,(H2,19,20);1H. The molecule has 2 N–H and O–H groups in total. The van der Waals surface area contributed by atoms with E-state index in [9.17, 15) is 0 Å². The van der Waals surface area contributed by atoms with E-state index in [1.807, 2.05) is 30.0 Å². The lowest BCUT2D eigenvalue weighted by molar-refractivity contribution is 0.313. The lowest BCUT2D eigenvalue weighted by Crippen LogP contribution is -2.42. The molecule has 0 aromatic heterocycles. The van der Waals surface area contributed by atoms with E-state index >= 15 is 0 Å². The molecular weight excluding hydrogens is 433 g/mol. The van der Waals surface area contributed by atoms with Crippen molar-refractivity contribution in [3.63, 3.8) is 0 Å². The number of nitrogens with zero attached hydrogens (tertiary/aromatic N) is 2. The number of guanidine groups is 1. The average molecular weight is 457 g/mol. The van der Waals surface area contributed by atoms with E-state index in [-0.39, 0.29) is 24.0 Å². The first-order valence-corrected chi connectivity index (χ1v) is 9.22. The van der Waals surface area contributed by atoms with Crippen molar-refractivity contribution in [1.82, 2.24) is 4.90 Å². The Kier molecular flexibility index (Phi) is 7.98. The number of ether oxygens (including phenoxy) is 1. The molecule has 24 heavy (non-hydrogen) atoms. The average Bonchev–Trinajstić information content (AvgIpc) is 2.62. The predicted molar refractivity (Wildman–Crippen MR) is 115 cm³/mol. The van der Waals surface area contributed by atoms with Crippen LogP contribution in [-0.2, 0) is 0 Å². The fraction of sp³-hybridized carbons (Fsp3) is 0.389. The van der Waals surface area contributed by atoms with Gasteiger partial charge in [-0.2, -0.15) is 11.8 Å². The highest BCUT2D eigenvalue weighted by Gasteiger charge is 2.11. The van der Waals surface area contributed by atoms with Crippen LogP contribution in [0.2, 0.25) is 0 Å². The summed E-state index contributed by atoms with van der Waals surface area (Å²) in [6.45, 7) is 3.38. The van der Waals surface area contributed by atoms with Gasteiger partial charge in [-0.05, 0) is 22.9 Å². The number of fused-ring (bicyclic) bond motifs is 1. The molecule has 3 rings (SSSR count). The molecule has 0 spiro atoms. The first-order valence-electron chi connectivity index (χ1n) is 8.07. The zero-order valence-electron chi connectivity index (χ0n) is 13.7. The van der Waals surface area contributed by atoms with Crippen molar-refractivity contribution in [1.29, 1.82) is 0 Å². The van der Waals surface area contributed by atoms with Gasteiger partial charge >= 0.3 is 0 Å². The summed E-state index contributed by atoms with van der Waals surface area (Å²) in [5, 5.41) is 2.44. The monoisotopic (exact) mass is 457 g/mol. The third-order valence-corrected chi connectivity index (χ3v) is 4.84. The molecule has 130 valence electrons. The maximum absolute atomic E-state index is 6.03. The number of thioether (sulfide) groups is 1. The zero-order chi connectivity index (χ0) is 15.9. The molecule has 0 radical (unpaired) electrons. The quantitative estimate of drug-likeness (QED) is 0.323. The molecule has 1 aliphatic rings. The van der Waals surface area contributed by atoms with E-state index in [2.05, 4.69) is 34.2 Å². The van der Waals surface area contributed by atoms with Crippen molar-refractivity contribution in [2.45, 2.75) is 6.42 Å². The predicted octanol–water partition coefficient (Wildman–Crippen LogP) is 3.59. The van der Waals surface area contributed by atoms with E-state index in [1.54, 1.807) is 0 Å². The number of rotatable bonds is 5. The van der Waals surface area contributed by atoms with Gasteiger partial charge in [0.2, 0.25) is 0 Å². The minimum atomic E-state index is 0. The van der Waals surface area contributed by atoms with Crippen LogP contribution in [0, 0.1) is 0 Å². The molecule has 0 saturated carbocycles. The first kappa shape index (κ1) is 19.2. The van der Waals surface area contributed by atoms with Gasteiger partial charge in [-0.3, -0.25) is 4.99 Å². The molecule has 0 unspecified atom stereocenters. The molecular formula is C18H24IN3OS. The number of benzene rings is 2. The first-order chi connectivity index (χ1) is 11.3. The lowest BCUT2D eigenvalue weighted by Gasteiger charge is -2.27. The van der Waals surface area contributed by atoms with E-state index in [4.69, 9.17) is 10.5 Å². The number of halogens is 1. The lowest BCUT2D eigenvalue weighted by atomic mass is 10.1. The Hall–Kier alpha value is -1.15. The molecule has 0 aliphatic carbocycles. The van der Waals surface area contributed by atoms with E-state index in [0.717, 1.165) is 36.8 Å². The molecule has 1 aliphatic heterocycles. The third-order valence-electron chi connectivity index (χ3n) is 3.90. The van der Waals surface area contributed by atoms with Crippen molar-refractivity contribution in [2.24, 2.45) is 10.7 Å². The second-order valence-electron chi connectivity index (χ2n) is 5.55. The number of nitrogens with two attached hydrogens (primary N) is 1. The van der Waals surface area contributed by atoms with E-state index in [1.165, 1.54) is 10.8 Å². The second kappa shape index (κ2) is 9.98. The number of hydrogen-bond donors (Lipinski definition) is 1. The highest BCUT2D eigenvalue weighted by molar-refractivity contribution is 14.0. The molecule has 2 aromatic rings. The summed E-state index contributed by atoms with van der Waals surface area (Å²) in [6, 6.07) is 14.5. The summed E-state index contributed by atoms with van der Waals surface area (Å²) in [7, 11) is 0. The molecule has 0 bridgehead atoms. The molecule has 4 nitrogen and oxygen atoms in total. The van der Waals surface area contributed by atoms with Crippen LogP contribution in [0.3, 0.4) is 0 Å². The molecule has 2 aromatic carbocycles. The van der Waals surface area contributed by atoms with Crippen molar-refractivity contribution in [3.8, 4) is 5.75 Å². The van der Waals surface area contributed by atoms with Crippen LogP contribution in [0.1, 0.15) is 6.42 Å². The van der Waals surface area contributed by atoms with Crippen LogP contribution >= 0.6 is 35.7 Å². The highest BCUT2D eigenvalue weighted by Crippen LogP contribution is 2.20. The third kappa shape index (κ3) is 5.44. The summed E-state index contributed by atoms with van der Waals surface area (Å²) in [5.74, 6) is 3.87. The van der Waals surface area contributed by atoms with Crippen molar-refractivity contribution in [2.75, 3.05) is 37.7 Å². The Morgan fingerprint density at radius 1 is 1.12 bits per heavy atom. The molecule has 0 amide bonds. The van der Waals surface area contributed by atoms with Crippen LogP contribution in [0.15, 0.2) is 47.5 Å². The van der Waals surface area contributed by atoms with Crippen LogP contribution in [-0.4, -0.2) is 48.6 Å². The fourth-order valence-corrected chi connectivity index (χ4v) is 3.50. The Bertz CT molecular complexity index is 674. The topological polar surface area (TPSA) is 50.9 Å². The van der Waals surface area contributed by atoms with E-state index < -0.39 is 0 Å². The van der Waals surface area contributed by atoms with Gasteiger partial charge in [0.25, 0.3) is 0 Å². The molecule has 1 fully saturated rings. The SMILES string of the molecule is I.NC(=NCCCOc1ccc2ccccc2c1)N1CCSCC1. The van der Waals surface area contributed by atoms with Gasteiger partial charge in [-0.1, -0.05) is 30.3 Å². The van der Waals surface area contributed by atoms with Gasteiger partial charge in [0.05, 0.1) is 6.61 Å². The Labute approximate surface area is 164 Å². The van der Waals surface area contributed by atoms with Gasteiger partial charge < -0.3 is 15.4 Å². The van der Waals surface area contributed by atoms with Crippen LogP contribution < -0.4 is 10.5 Å². The Morgan fingerprint density at radius 3 is 2.67 bits per heavy atom. The molecule has 1 heterocycles. The van der Waals surface area contributed by atoms with Gasteiger partial charge in [0.1, 0.15) is 5.75 Å². The summed E-state index contributed by atoms with van der Waals surface area (Å²) in [4.78, 5) is 6.63. The van der Waals surface area contributed by atoms with E-state index in [0.29, 0.717) is 19.1 Å². The van der Waals surface area contributed by atoms with Gasteiger partial charge in [0, 0.05) is 37.6 Å². The van der Waals surface area contributed by atoms with Gasteiger partial charge in [-0.25, -0.2) is 0 Å². The normalized spacial score (nSPS) is 15.2. The molecule has 1 saturated heterocycles. The minimum absolute atomic E-state index is 0. The van der Waals surface area contributed by atoms with Crippen molar-refractivity contribution in [3.05, 3.63) is 42.5 Å². The minimum Gasteiger partial charge on any atom is -0.494 e. The van der Waals surface area contributed by atoms with Crippen molar-refractivity contribution < 1.29 is 4.74 Å². The molecule has 0 atom stereocenters. The summed E-state index contributed by atoms with van der Waals surface area (Å²) in [5.41, 5.74) is 6.03. The smallest absolute Gasteiger partial charge is 0.191 e. The number of hydrogen-bond acceptors (Lipinski definition) is 3. The van der Waals surface area contributed by atoms with Crippen LogP contribution in [0.4, 0.5) is 0 Å². The summed E-state index contributed by atoms with van der Waals surface area (Å²) >= 11 is 1.97. The zero-order valence-corrected chi connectivity index (χ0v) is 16.8. The summed E-state index contributed by atoms with van der Waals surface area (Å²) in [6.07, 6.45) is 0.871. The maximum Gasteiger partial charge on any atom is 0.191 e. The summed E-state index contributed by atoms with van der Waals surface area (Å²) < 4.78 is 5.81. The fourth-order valence-electron chi connectivity index (χ4n) is 2.60. The van der Waals surface area contributed by atoms with Crippen molar-refractivity contribution >= 4 is 52.5 Å². The Balaban J connectivity index is 0.00000208. The highest BCUT2D eigenvalue weighted by atomic mass is 127. The van der Waals surface area contributed by atoms with Crippen LogP contribution in [0.5, 0.6) is 5.75 Å². The van der Waals surface area contributed by atoms with Crippen LogP contribution in [0.25, 0.3) is 10.8 Å². The molecule has 6 heteroatoms. The van der Waals surface area contributed by atoms with Gasteiger partial charge in [0.15, 0.2) is 5.96 Å².